The van der Waals surface area contributed by atoms with Crippen LogP contribution in [0.5, 0.6) is 17.2 Å². The van der Waals surface area contributed by atoms with Gasteiger partial charge >= 0.3 is 11.9 Å². The summed E-state index contributed by atoms with van der Waals surface area (Å²) in [5.41, 5.74) is 2.00. The number of aryl methyl sites for hydroxylation is 3. The Morgan fingerprint density at radius 2 is 1.10 bits per heavy atom. The molecule has 0 aliphatic rings. The zero-order valence-electron chi connectivity index (χ0n) is 28.4. The van der Waals surface area contributed by atoms with Crippen molar-refractivity contribution in [2.75, 3.05) is 37.6 Å². The number of carbonyl (C=O) groups is 2. The van der Waals surface area contributed by atoms with E-state index in [1.54, 1.807) is 42.7 Å². The largest absolute Gasteiger partial charge is 0.494 e. The average Bonchev–Trinajstić information content (AvgIpc) is 3.04. The maximum Gasteiger partial charge on any atom is 0.345 e. The fourth-order valence-electron chi connectivity index (χ4n) is 5.58. The quantitative estimate of drug-likeness (QED) is 0.0347. The van der Waals surface area contributed by atoms with Crippen molar-refractivity contribution in [3.05, 3.63) is 70.8 Å². The third-order valence-electron chi connectivity index (χ3n) is 7.75. The van der Waals surface area contributed by atoms with Gasteiger partial charge in [0.1, 0.15) is 17.2 Å². The summed E-state index contributed by atoms with van der Waals surface area (Å²) in [6.45, 7) is 3.12. The van der Waals surface area contributed by atoms with Crippen molar-refractivity contribution in [2.45, 2.75) is 39.7 Å². The van der Waals surface area contributed by atoms with Gasteiger partial charge in [-0.05, 0) is 74.2 Å². The number of carbonyl (C=O) groups excluding carboxylic acids is 2. The Hall–Kier alpha value is -4.40. The lowest BCUT2D eigenvalue weighted by Crippen LogP contribution is -2.37. The summed E-state index contributed by atoms with van der Waals surface area (Å²) in [7, 11) is -11.5. The van der Waals surface area contributed by atoms with Crippen LogP contribution in [0.4, 0.5) is 0 Å². The lowest BCUT2D eigenvalue weighted by Gasteiger charge is -2.16. The molecular weight excluding hydrogens is 747 g/mol. The Morgan fingerprint density at radius 1 is 0.654 bits per heavy atom. The summed E-state index contributed by atoms with van der Waals surface area (Å²) in [6.07, 6.45) is -0.112. The Labute approximate surface area is 300 Å². The normalized spacial score (nSPS) is 12.2. The van der Waals surface area contributed by atoms with Gasteiger partial charge in [-0.15, -0.1) is 0 Å². The van der Waals surface area contributed by atoms with E-state index in [9.17, 15) is 39.4 Å². The van der Waals surface area contributed by atoms with Crippen molar-refractivity contribution in [2.24, 2.45) is 0 Å². The molecule has 52 heavy (non-hydrogen) atoms. The third kappa shape index (κ3) is 11.1. The van der Waals surface area contributed by atoms with Crippen LogP contribution < -0.4 is 18.8 Å². The van der Waals surface area contributed by atoms with Crippen molar-refractivity contribution < 1.29 is 72.0 Å². The molecule has 3 N–H and O–H groups in total. The van der Waals surface area contributed by atoms with Crippen molar-refractivity contribution in [1.29, 1.82) is 0 Å². The van der Waals surface area contributed by atoms with E-state index in [4.69, 9.17) is 28.1 Å². The Morgan fingerprint density at radius 3 is 1.52 bits per heavy atom. The number of hydrogen-bond acceptors (Lipinski definition) is 12. The molecule has 0 aliphatic carbocycles. The average molecular weight is 785 g/mol. The first-order valence-corrected chi connectivity index (χ1v) is 20.5. The number of rotatable bonds is 17. The lowest BCUT2D eigenvalue weighted by molar-refractivity contribution is -0.645. The van der Waals surface area contributed by atoms with Crippen LogP contribution in [0.1, 0.15) is 51.1 Å². The summed E-state index contributed by atoms with van der Waals surface area (Å²) in [4.78, 5) is 26.5. The monoisotopic (exact) mass is 784 g/mol. The number of hydrogen-bond donors (Lipinski definition) is 3. The third-order valence-corrected chi connectivity index (χ3v) is 10.2. The molecule has 1 heterocycles. The van der Waals surface area contributed by atoms with Gasteiger partial charge < -0.3 is 18.9 Å². The first kappa shape index (κ1) is 40.4. The van der Waals surface area contributed by atoms with Gasteiger partial charge in [0, 0.05) is 18.6 Å². The van der Waals surface area contributed by atoms with Crippen molar-refractivity contribution >= 4 is 64.1 Å². The number of ether oxygens (including phenoxy) is 4. The number of esters is 2. The molecule has 0 radical (unpaired) electrons. The van der Waals surface area contributed by atoms with Gasteiger partial charge in [0.05, 0.1) is 59.5 Å². The fourth-order valence-corrected chi connectivity index (χ4v) is 7.03. The van der Waals surface area contributed by atoms with E-state index in [0.29, 0.717) is 22.2 Å². The van der Waals surface area contributed by atoms with E-state index >= 15 is 0 Å². The predicted octanol–water partition coefficient (Wildman–Crippen LogP) is 3.49. The van der Waals surface area contributed by atoms with Crippen molar-refractivity contribution in [1.82, 2.24) is 0 Å². The second-order valence-electron chi connectivity index (χ2n) is 11.8. The molecular formula is C33H38NO15S3+. The van der Waals surface area contributed by atoms with Gasteiger partial charge in [0.25, 0.3) is 30.4 Å². The number of pyridine rings is 1. The van der Waals surface area contributed by atoms with Gasteiger partial charge in [-0.3, -0.25) is 13.7 Å². The number of benzene rings is 3. The first-order chi connectivity index (χ1) is 24.3. The molecule has 0 saturated heterocycles. The van der Waals surface area contributed by atoms with Crippen LogP contribution in [0.15, 0.2) is 48.5 Å². The number of methoxy groups -OCH3 is 1. The van der Waals surface area contributed by atoms with Gasteiger partial charge in [0.15, 0.2) is 6.54 Å². The molecule has 0 unspecified atom stereocenters. The molecule has 0 saturated carbocycles. The number of fused-ring (bicyclic) bond motifs is 2. The van der Waals surface area contributed by atoms with E-state index in [2.05, 4.69) is 0 Å². The minimum Gasteiger partial charge on any atom is -0.494 e. The Bertz CT molecular complexity index is 2220. The highest BCUT2D eigenvalue weighted by Gasteiger charge is 2.28. The molecule has 3 aromatic carbocycles. The number of nitrogens with zero attached hydrogens (tertiary/aromatic N) is 1. The minimum absolute atomic E-state index is 0.0126. The second-order valence-corrected chi connectivity index (χ2v) is 16.5. The van der Waals surface area contributed by atoms with E-state index in [1.165, 1.54) is 31.4 Å². The molecule has 0 amide bonds. The van der Waals surface area contributed by atoms with Crippen LogP contribution in [0.25, 0.3) is 21.8 Å². The maximum atomic E-state index is 14.3. The minimum atomic E-state index is -4.31. The zero-order chi connectivity index (χ0) is 38.4. The van der Waals surface area contributed by atoms with Crippen LogP contribution >= 0.6 is 0 Å². The second kappa shape index (κ2) is 16.5. The molecule has 0 bridgehead atoms. The van der Waals surface area contributed by atoms with Crippen LogP contribution in [0, 0.1) is 13.8 Å². The van der Waals surface area contributed by atoms with Gasteiger partial charge in [-0.2, -0.15) is 29.8 Å². The molecule has 0 aliphatic heterocycles. The Kier molecular flexibility index (Phi) is 12.8. The summed E-state index contributed by atoms with van der Waals surface area (Å²) in [6, 6.07) is 12.4. The molecule has 282 valence electrons. The molecule has 1 aromatic heterocycles. The smallest absolute Gasteiger partial charge is 0.345 e. The SMILES string of the molecule is COC(=O)c1cc(C)c(OC(=O)c2c3cc(OCCCS(=O)(=O)O)ccc3[n+](CCCS(=O)(=O)O)c3ccc(OCCCS(=O)(=O)O)cc23)c(C)c1. The van der Waals surface area contributed by atoms with Crippen molar-refractivity contribution in [3.8, 4) is 17.2 Å². The molecule has 0 fully saturated rings. The lowest BCUT2D eigenvalue weighted by atomic mass is 10.0. The van der Waals surface area contributed by atoms with Crippen molar-refractivity contribution in [3.63, 3.8) is 0 Å². The van der Waals surface area contributed by atoms with E-state index in [1.807, 2.05) is 0 Å². The topological polar surface area (TPSA) is 238 Å². The number of aromatic nitrogens is 1. The predicted molar refractivity (Wildman–Crippen MR) is 188 cm³/mol. The molecule has 0 atom stereocenters. The summed E-state index contributed by atoms with van der Waals surface area (Å²) in [5.74, 6) is -2.48. The highest BCUT2D eigenvalue weighted by molar-refractivity contribution is 7.86. The maximum absolute atomic E-state index is 14.3. The van der Waals surface area contributed by atoms with Crippen LogP contribution in [0.2, 0.25) is 0 Å². The highest BCUT2D eigenvalue weighted by Crippen LogP contribution is 2.33. The molecule has 4 rings (SSSR count). The Balaban J connectivity index is 1.91. The molecule has 16 nitrogen and oxygen atoms in total. The standard InChI is InChI=1S/C33H37NO15S3/c1-21-17-23(32(35)46-3)18-22(2)31(21)49-33(36)30-26-19-24(47-12-5-15-51(40,41)42)7-9-28(26)34(11-4-14-50(37,38)39)29-10-8-25(20-27(29)30)48-13-6-16-52(43,44)45/h7-10,17-20H,4-6,11-16H2,1-3H3,(H2-,37,38,39,40,41,42,43,44,45)/p+1. The van der Waals surface area contributed by atoms with Crippen LogP contribution in [-0.4, -0.2) is 88.4 Å². The summed E-state index contributed by atoms with van der Waals surface area (Å²) >= 11 is 0. The van der Waals surface area contributed by atoms with E-state index < -0.39 is 59.6 Å². The molecule has 4 aromatic rings. The van der Waals surface area contributed by atoms with Gasteiger partial charge in [-0.1, -0.05) is 0 Å². The highest BCUT2D eigenvalue weighted by atomic mass is 32.2. The zero-order valence-corrected chi connectivity index (χ0v) is 30.8. The van der Waals surface area contributed by atoms with Gasteiger partial charge in [-0.25, -0.2) is 9.59 Å². The summed E-state index contributed by atoms with van der Waals surface area (Å²) in [5, 5.41) is 0.531. The van der Waals surface area contributed by atoms with Crippen LogP contribution in [-0.2, 0) is 41.6 Å². The van der Waals surface area contributed by atoms with E-state index in [-0.39, 0.29) is 78.2 Å². The summed E-state index contributed by atoms with van der Waals surface area (Å²) < 4.78 is 120. The fraction of sp³-hybridized carbons (Fsp3) is 0.364. The van der Waals surface area contributed by atoms with E-state index in [0.717, 1.165) is 0 Å². The molecule has 0 spiro atoms. The first-order valence-electron chi connectivity index (χ1n) is 15.7. The molecule has 19 heteroatoms. The van der Waals surface area contributed by atoms with Crippen LogP contribution in [0.3, 0.4) is 0 Å². The van der Waals surface area contributed by atoms with Gasteiger partial charge in [0.2, 0.25) is 11.0 Å².